The number of benzene rings is 1. The molecule has 0 radical (unpaired) electrons. The van der Waals surface area contributed by atoms with Crippen LogP contribution in [-0.4, -0.2) is 5.11 Å². The highest BCUT2D eigenvalue weighted by molar-refractivity contribution is 9.10. The van der Waals surface area contributed by atoms with Gasteiger partial charge in [-0.25, -0.2) is 8.78 Å². The molecule has 2 aromatic rings. The van der Waals surface area contributed by atoms with Gasteiger partial charge in [0.05, 0.1) is 10.0 Å². The monoisotopic (exact) mass is 322 g/mol. The molecule has 1 N–H and O–H groups in total. The predicted molar refractivity (Wildman–Crippen MR) is 61.8 cm³/mol. The van der Waals surface area contributed by atoms with Crippen LogP contribution in [0.2, 0.25) is 5.22 Å². The molecule has 0 saturated carbocycles. The van der Waals surface area contributed by atoms with Crippen molar-refractivity contribution < 1.29 is 18.3 Å². The highest BCUT2D eigenvalue weighted by atomic mass is 79.9. The van der Waals surface area contributed by atoms with E-state index in [2.05, 4.69) is 15.9 Å². The summed E-state index contributed by atoms with van der Waals surface area (Å²) in [7, 11) is 0. The largest absolute Gasteiger partial charge is 0.447 e. The standard InChI is InChI=1S/C11H6BrClF2O2/c12-5-1-2-6(14)9(10(5)15)11(16)7-3-4-8(13)17-7/h1-4,11,16H. The Kier molecular flexibility index (Phi) is 3.51. The van der Waals surface area contributed by atoms with E-state index in [1.54, 1.807) is 0 Å². The summed E-state index contributed by atoms with van der Waals surface area (Å²) in [6.07, 6.45) is -1.54. The molecule has 17 heavy (non-hydrogen) atoms. The third-order valence-electron chi connectivity index (χ3n) is 2.22. The minimum atomic E-state index is -1.54. The Morgan fingerprint density at radius 3 is 2.53 bits per heavy atom. The van der Waals surface area contributed by atoms with E-state index in [1.165, 1.54) is 18.2 Å². The van der Waals surface area contributed by atoms with Crippen molar-refractivity contribution in [1.29, 1.82) is 0 Å². The SMILES string of the molecule is OC(c1ccc(Cl)o1)c1c(F)ccc(Br)c1F. The Morgan fingerprint density at radius 1 is 1.24 bits per heavy atom. The van der Waals surface area contributed by atoms with Crippen LogP contribution in [0.25, 0.3) is 0 Å². The summed E-state index contributed by atoms with van der Waals surface area (Å²) >= 11 is 8.45. The zero-order valence-electron chi connectivity index (χ0n) is 8.25. The summed E-state index contributed by atoms with van der Waals surface area (Å²) in [6, 6.07) is 5.01. The summed E-state index contributed by atoms with van der Waals surface area (Å²) < 4.78 is 32.1. The summed E-state index contributed by atoms with van der Waals surface area (Å²) in [4.78, 5) is 0. The lowest BCUT2D eigenvalue weighted by Crippen LogP contribution is -2.05. The molecule has 0 aliphatic rings. The van der Waals surface area contributed by atoms with Crippen LogP contribution in [0.15, 0.2) is 33.2 Å². The molecule has 0 amide bonds. The highest BCUT2D eigenvalue weighted by Crippen LogP contribution is 2.32. The van der Waals surface area contributed by atoms with Crippen molar-refractivity contribution in [3.05, 3.63) is 56.9 Å². The third-order valence-corrected chi connectivity index (χ3v) is 3.03. The van der Waals surface area contributed by atoms with Gasteiger partial charge in [-0.15, -0.1) is 0 Å². The first-order valence-corrected chi connectivity index (χ1v) is 5.74. The smallest absolute Gasteiger partial charge is 0.193 e. The molecule has 1 aromatic heterocycles. The van der Waals surface area contributed by atoms with Crippen molar-refractivity contribution in [2.45, 2.75) is 6.10 Å². The Hall–Kier alpha value is -0.910. The van der Waals surface area contributed by atoms with Crippen molar-refractivity contribution in [3.63, 3.8) is 0 Å². The molecule has 1 aromatic carbocycles. The second-order valence-corrected chi connectivity index (χ2v) is 4.53. The third kappa shape index (κ3) is 2.36. The normalized spacial score (nSPS) is 12.8. The van der Waals surface area contributed by atoms with Gasteiger partial charge in [-0.3, -0.25) is 0 Å². The zero-order chi connectivity index (χ0) is 12.6. The van der Waals surface area contributed by atoms with E-state index in [-0.39, 0.29) is 15.5 Å². The van der Waals surface area contributed by atoms with Crippen LogP contribution < -0.4 is 0 Å². The first-order chi connectivity index (χ1) is 8.00. The van der Waals surface area contributed by atoms with Gasteiger partial charge in [0.15, 0.2) is 5.22 Å². The van der Waals surface area contributed by atoms with Gasteiger partial charge < -0.3 is 9.52 Å². The topological polar surface area (TPSA) is 33.4 Å². The molecule has 0 bridgehead atoms. The van der Waals surface area contributed by atoms with Gasteiger partial charge in [-0.1, -0.05) is 0 Å². The molecular weight excluding hydrogens is 317 g/mol. The Labute approximate surface area is 109 Å². The summed E-state index contributed by atoms with van der Waals surface area (Å²) in [6.45, 7) is 0. The number of rotatable bonds is 2. The number of furan rings is 1. The first kappa shape index (κ1) is 12.5. The van der Waals surface area contributed by atoms with Crippen molar-refractivity contribution in [1.82, 2.24) is 0 Å². The van der Waals surface area contributed by atoms with Gasteiger partial charge in [0.25, 0.3) is 0 Å². The molecule has 1 unspecified atom stereocenters. The molecule has 0 aliphatic heterocycles. The van der Waals surface area contributed by atoms with Crippen LogP contribution in [-0.2, 0) is 0 Å². The van der Waals surface area contributed by atoms with Crippen LogP contribution in [0.3, 0.4) is 0 Å². The fraction of sp³-hybridized carbons (Fsp3) is 0.0909. The fourth-order valence-electron chi connectivity index (χ4n) is 1.41. The number of halogens is 4. The van der Waals surface area contributed by atoms with E-state index in [4.69, 9.17) is 16.0 Å². The molecule has 1 atom stereocenters. The van der Waals surface area contributed by atoms with E-state index >= 15 is 0 Å². The number of hydrogen-bond acceptors (Lipinski definition) is 2. The minimum absolute atomic E-state index is 0.0223. The maximum absolute atomic E-state index is 13.7. The first-order valence-electron chi connectivity index (χ1n) is 4.57. The Balaban J connectivity index is 2.50. The van der Waals surface area contributed by atoms with Gasteiger partial charge >= 0.3 is 0 Å². The van der Waals surface area contributed by atoms with E-state index in [9.17, 15) is 13.9 Å². The highest BCUT2D eigenvalue weighted by Gasteiger charge is 2.24. The molecule has 6 heteroatoms. The molecule has 2 rings (SSSR count). The lowest BCUT2D eigenvalue weighted by molar-refractivity contribution is 0.179. The molecule has 90 valence electrons. The van der Waals surface area contributed by atoms with E-state index < -0.39 is 23.3 Å². The molecule has 1 heterocycles. The lowest BCUT2D eigenvalue weighted by atomic mass is 10.1. The van der Waals surface area contributed by atoms with Gasteiger partial charge in [0, 0.05) is 0 Å². The van der Waals surface area contributed by atoms with Crippen LogP contribution in [0.1, 0.15) is 17.4 Å². The molecule has 0 spiro atoms. The quantitative estimate of drug-likeness (QED) is 0.846. The Morgan fingerprint density at radius 2 is 1.94 bits per heavy atom. The van der Waals surface area contributed by atoms with Gasteiger partial charge in [-0.05, 0) is 51.8 Å². The summed E-state index contributed by atoms with van der Waals surface area (Å²) in [5.74, 6) is -1.75. The second-order valence-electron chi connectivity index (χ2n) is 3.30. The van der Waals surface area contributed by atoms with E-state index in [0.29, 0.717) is 0 Å². The number of aliphatic hydroxyl groups excluding tert-OH is 1. The average Bonchev–Trinajstić information content (AvgIpc) is 2.71. The minimum Gasteiger partial charge on any atom is -0.447 e. The zero-order valence-corrected chi connectivity index (χ0v) is 10.6. The van der Waals surface area contributed by atoms with E-state index in [0.717, 1.165) is 6.07 Å². The number of hydrogen-bond donors (Lipinski definition) is 1. The van der Waals surface area contributed by atoms with Crippen LogP contribution in [0.4, 0.5) is 8.78 Å². The van der Waals surface area contributed by atoms with Crippen LogP contribution in [0, 0.1) is 11.6 Å². The summed E-state index contributed by atoms with van der Waals surface area (Å²) in [5, 5.41) is 9.87. The maximum atomic E-state index is 13.7. The predicted octanol–water partition coefficient (Wildman–Crippen LogP) is 4.06. The van der Waals surface area contributed by atoms with Crippen molar-refractivity contribution in [2.24, 2.45) is 0 Å². The van der Waals surface area contributed by atoms with Gasteiger partial charge in [-0.2, -0.15) is 0 Å². The van der Waals surface area contributed by atoms with Crippen molar-refractivity contribution in [2.75, 3.05) is 0 Å². The molecule has 0 aliphatic carbocycles. The summed E-state index contributed by atoms with van der Waals surface area (Å²) in [5.41, 5.74) is -0.481. The van der Waals surface area contributed by atoms with E-state index in [1.807, 2.05) is 0 Å². The van der Waals surface area contributed by atoms with Gasteiger partial charge in [0.2, 0.25) is 0 Å². The maximum Gasteiger partial charge on any atom is 0.193 e. The average molecular weight is 324 g/mol. The fourth-order valence-corrected chi connectivity index (χ4v) is 1.91. The van der Waals surface area contributed by atoms with Crippen LogP contribution >= 0.6 is 27.5 Å². The second kappa shape index (κ2) is 4.76. The Bertz CT molecular complexity index is 556. The van der Waals surface area contributed by atoms with Crippen LogP contribution in [0.5, 0.6) is 0 Å². The lowest BCUT2D eigenvalue weighted by Gasteiger charge is -2.11. The number of aliphatic hydroxyl groups is 1. The van der Waals surface area contributed by atoms with Gasteiger partial charge in [0.1, 0.15) is 23.5 Å². The van der Waals surface area contributed by atoms with Crippen molar-refractivity contribution in [3.8, 4) is 0 Å². The molecular formula is C11H6BrClF2O2. The molecule has 0 fully saturated rings. The molecule has 2 nitrogen and oxygen atoms in total. The molecule has 0 saturated heterocycles. The van der Waals surface area contributed by atoms with Crippen molar-refractivity contribution >= 4 is 27.5 Å².